The predicted molar refractivity (Wildman–Crippen MR) is 135 cm³/mol. The summed E-state index contributed by atoms with van der Waals surface area (Å²) in [5, 5.41) is 25.0. The maximum atomic E-state index is 15.1. The second-order valence-electron chi connectivity index (χ2n) is 9.25. The number of tetrazole rings is 1. The van der Waals surface area contributed by atoms with Crippen LogP contribution in [0.3, 0.4) is 0 Å². The molecule has 0 radical (unpaired) electrons. The minimum absolute atomic E-state index is 0.0000212. The molecule has 1 atom stereocenters. The largest absolute Gasteiger partial charge is 0.508 e. The molecule has 0 saturated heterocycles. The van der Waals surface area contributed by atoms with Gasteiger partial charge in [0.2, 0.25) is 11.7 Å². The van der Waals surface area contributed by atoms with Gasteiger partial charge in [-0.25, -0.2) is 4.39 Å². The van der Waals surface area contributed by atoms with Gasteiger partial charge in [-0.1, -0.05) is 37.1 Å². The summed E-state index contributed by atoms with van der Waals surface area (Å²) in [4.78, 5) is 29.7. The van der Waals surface area contributed by atoms with E-state index in [0.717, 1.165) is 35.4 Å². The number of amides is 2. The molecule has 2 aromatic heterocycles. The van der Waals surface area contributed by atoms with E-state index in [-0.39, 0.29) is 23.3 Å². The van der Waals surface area contributed by atoms with Gasteiger partial charge in [0.25, 0.3) is 5.91 Å². The maximum absolute atomic E-state index is 15.1. The Bertz CT molecular complexity index is 1430. The molecule has 1 aliphatic carbocycles. The van der Waals surface area contributed by atoms with Crippen LogP contribution in [0.15, 0.2) is 65.1 Å². The molecule has 4 aromatic rings. The van der Waals surface area contributed by atoms with Crippen LogP contribution in [-0.4, -0.2) is 43.2 Å². The lowest BCUT2D eigenvalue weighted by Gasteiger charge is -2.32. The molecule has 196 valence electrons. The number of nitrogens with zero attached hydrogens (tertiary/aromatic N) is 5. The van der Waals surface area contributed by atoms with Gasteiger partial charge in [-0.15, -0.1) is 10.2 Å². The smallest absolute Gasteiger partial charge is 0.251 e. The fraction of sp³-hybridized carbons (Fsp3) is 0.296. The Hall–Kier alpha value is -4.54. The Morgan fingerprint density at radius 2 is 1.87 bits per heavy atom. The number of rotatable bonds is 8. The minimum Gasteiger partial charge on any atom is -0.508 e. The van der Waals surface area contributed by atoms with Crippen molar-refractivity contribution in [3.05, 3.63) is 77.8 Å². The van der Waals surface area contributed by atoms with Gasteiger partial charge in [0.1, 0.15) is 29.9 Å². The van der Waals surface area contributed by atoms with Crippen molar-refractivity contribution in [2.45, 2.75) is 51.2 Å². The zero-order chi connectivity index (χ0) is 26.6. The number of phenolic OH excluding ortho intramolecular Hbond substituents is 1. The Kier molecular flexibility index (Phi) is 7.16. The highest BCUT2D eigenvalue weighted by atomic mass is 19.1. The lowest BCUT2D eigenvalue weighted by Crippen LogP contribution is -2.47. The van der Waals surface area contributed by atoms with Gasteiger partial charge in [0, 0.05) is 6.04 Å². The fourth-order valence-electron chi connectivity index (χ4n) is 4.65. The van der Waals surface area contributed by atoms with E-state index >= 15 is 4.39 Å². The molecule has 0 aliphatic heterocycles. The van der Waals surface area contributed by atoms with Gasteiger partial charge >= 0.3 is 0 Å². The summed E-state index contributed by atoms with van der Waals surface area (Å²) < 4.78 is 20.7. The highest BCUT2D eigenvalue weighted by Crippen LogP contribution is 2.32. The third-order valence-corrected chi connectivity index (χ3v) is 6.49. The number of nitrogens with one attached hydrogen (secondary N) is 1. The second kappa shape index (κ2) is 10.8. The third-order valence-electron chi connectivity index (χ3n) is 6.49. The van der Waals surface area contributed by atoms with Crippen molar-refractivity contribution in [2.24, 2.45) is 0 Å². The van der Waals surface area contributed by atoms with E-state index in [1.54, 1.807) is 37.3 Å². The number of furan rings is 1. The van der Waals surface area contributed by atoms with Gasteiger partial charge in [-0.3, -0.25) is 14.5 Å². The Morgan fingerprint density at radius 3 is 2.55 bits per heavy atom. The van der Waals surface area contributed by atoms with Gasteiger partial charge < -0.3 is 14.8 Å². The topological polar surface area (TPSA) is 126 Å². The molecule has 0 spiro atoms. The molecule has 2 heterocycles. The van der Waals surface area contributed by atoms with E-state index in [1.807, 2.05) is 0 Å². The molecule has 0 bridgehead atoms. The number of aromatic hydroxyl groups is 1. The van der Waals surface area contributed by atoms with E-state index in [2.05, 4.69) is 20.7 Å². The summed E-state index contributed by atoms with van der Waals surface area (Å²) >= 11 is 0. The van der Waals surface area contributed by atoms with Crippen LogP contribution in [0.4, 0.5) is 10.1 Å². The van der Waals surface area contributed by atoms with Crippen molar-refractivity contribution in [1.82, 2.24) is 25.5 Å². The number of benzene rings is 2. The Morgan fingerprint density at radius 1 is 1.13 bits per heavy atom. The number of hydrogen-bond donors (Lipinski definition) is 2. The molecule has 2 amide bonds. The van der Waals surface area contributed by atoms with Crippen LogP contribution >= 0.6 is 0 Å². The molecule has 2 N–H and O–H groups in total. The van der Waals surface area contributed by atoms with Gasteiger partial charge in [0.05, 0.1) is 5.69 Å². The number of para-hydroxylation sites is 1. The molecule has 1 fully saturated rings. The van der Waals surface area contributed by atoms with E-state index in [1.165, 1.54) is 30.3 Å². The summed E-state index contributed by atoms with van der Waals surface area (Å²) in [6.07, 6.45) is 3.67. The van der Waals surface area contributed by atoms with Crippen molar-refractivity contribution < 1.29 is 23.5 Å². The number of aryl methyl sites for hydroxylation is 1. The molecular formula is C27H27FN6O4. The molecule has 1 saturated carbocycles. The second-order valence-corrected chi connectivity index (χ2v) is 9.25. The quantitative estimate of drug-likeness (QED) is 0.362. The molecule has 38 heavy (non-hydrogen) atoms. The van der Waals surface area contributed by atoms with Crippen LogP contribution < -0.4 is 10.2 Å². The average molecular weight is 519 g/mol. The zero-order valence-electron chi connectivity index (χ0n) is 20.7. The number of carbonyl (C=O) groups excluding carboxylic acids is 2. The third kappa shape index (κ3) is 5.41. The first-order chi connectivity index (χ1) is 18.4. The normalized spacial score (nSPS) is 14.4. The monoisotopic (exact) mass is 518 g/mol. The Labute approximate surface area is 218 Å². The van der Waals surface area contributed by atoms with Crippen molar-refractivity contribution in [1.29, 1.82) is 0 Å². The number of halogens is 1. The summed E-state index contributed by atoms with van der Waals surface area (Å²) in [7, 11) is 0. The number of phenols is 1. The fourth-order valence-corrected chi connectivity index (χ4v) is 4.65. The Balaban J connectivity index is 1.52. The van der Waals surface area contributed by atoms with Crippen LogP contribution in [0.5, 0.6) is 5.75 Å². The summed E-state index contributed by atoms with van der Waals surface area (Å²) in [6, 6.07) is 13.9. The summed E-state index contributed by atoms with van der Waals surface area (Å²) in [5.74, 6) is -0.492. The predicted octanol–water partition coefficient (Wildman–Crippen LogP) is 3.92. The molecular weight excluding hydrogens is 491 g/mol. The number of carbonyl (C=O) groups is 2. The van der Waals surface area contributed by atoms with Crippen LogP contribution in [0.25, 0.3) is 11.6 Å². The first kappa shape index (κ1) is 25.1. The first-order valence-corrected chi connectivity index (χ1v) is 12.4. The summed E-state index contributed by atoms with van der Waals surface area (Å²) in [5.41, 5.74) is 0.340. The molecule has 11 heteroatoms. The molecule has 2 aromatic carbocycles. The number of anilines is 1. The number of hydrogen-bond acceptors (Lipinski definition) is 7. The highest BCUT2D eigenvalue weighted by Gasteiger charge is 2.36. The first-order valence-electron chi connectivity index (χ1n) is 12.4. The van der Waals surface area contributed by atoms with Crippen molar-refractivity contribution in [3.63, 3.8) is 0 Å². The van der Waals surface area contributed by atoms with Crippen LogP contribution in [-0.2, 0) is 16.1 Å². The van der Waals surface area contributed by atoms with Crippen molar-refractivity contribution in [2.75, 3.05) is 4.90 Å². The highest BCUT2D eigenvalue weighted by molar-refractivity contribution is 6.01. The van der Waals surface area contributed by atoms with Crippen molar-refractivity contribution in [3.8, 4) is 17.3 Å². The number of aromatic nitrogens is 4. The van der Waals surface area contributed by atoms with Crippen LogP contribution in [0.2, 0.25) is 0 Å². The van der Waals surface area contributed by atoms with E-state index in [0.29, 0.717) is 17.1 Å². The van der Waals surface area contributed by atoms with Gasteiger partial charge in [-0.2, -0.15) is 4.80 Å². The van der Waals surface area contributed by atoms with E-state index in [9.17, 15) is 14.7 Å². The van der Waals surface area contributed by atoms with E-state index in [4.69, 9.17) is 4.42 Å². The standard InChI is InChI=1S/C27H27FN6O4/c1-17-10-15-23(38-17)26-30-32-33(31-26)16-24(36)34(22-9-5-4-8-21(22)28)25(18-11-13-20(35)14-12-18)27(37)29-19-6-2-3-7-19/h4-5,8-15,19,25,35H,2-3,6-7,16H2,1H3,(H,29,37)/t25-/m1/s1. The maximum Gasteiger partial charge on any atom is 0.251 e. The van der Waals surface area contributed by atoms with Crippen LogP contribution in [0.1, 0.15) is 43.0 Å². The molecule has 5 rings (SSSR count). The lowest BCUT2D eigenvalue weighted by atomic mass is 10.0. The zero-order valence-corrected chi connectivity index (χ0v) is 20.7. The molecule has 1 aliphatic rings. The average Bonchev–Trinajstić information content (AvgIpc) is 3.67. The van der Waals surface area contributed by atoms with E-state index < -0.39 is 30.2 Å². The van der Waals surface area contributed by atoms with Crippen LogP contribution in [0, 0.1) is 12.7 Å². The molecule has 0 unspecified atom stereocenters. The van der Waals surface area contributed by atoms with Gasteiger partial charge in [0.15, 0.2) is 5.76 Å². The summed E-state index contributed by atoms with van der Waals surface area (Å²) in [6.45, 7) is 1.37. The molecule has 10 nitrogen and oxygen atoms in total. The lowest BCUT2D eigenvalue weighted by molar-refractivity contribution is -0.127. The minimum atomic E-state index is -1.21. The van der Waals surface area contributed by atoms with Crippen molar-refractivity contribution >= 4 is 17.5 Å². The van der Waals surface area contributed by atoms with Gasteiger partial charge in [-0.05, 0) is 66.9 Å². The SMILES string of the molecule is Cc1ccc(-c2nnn(CC(=O)N(c3ccccc3F)[C@@H](C(=O)NC3CCCC3)c3ccc(O)cc3)n2)o1.